The van der Waals surface area contributed by atoms with Crippen LogP contribution >= 0.6 is 0 Å². The minimum atomic E-state index is -3.64. The molecular weight excluding hydrogens is 207 g/mol. The van der Waals surface area contributed by atoms with E-state index in [0.29, 0.717) is 3.67 Å². The summed E-state index contributed by atoms with van der Waals surface area (Å²) in [5, 5.41) is 7.89. The van der Waals surface area contributed by atoms with Crippen LogP contribution in [0.5, 0.6) is 0 Å². The Kier molecular flexibility index (Phi) is 9.01. The number of hydrogen-bond acceptors (Lipinski definition) is 3. The van der Waals surface area contributed by atoms with Gasteiger partial charge in [0.2, 0.25) is 0 Å². The Morgan fingerprint density at radius 1 is 1.54 bits per heavy atom. The average molecular weight is 218 g/mol. The van der Waals surface area contributed by atoms with Crippen molar-refractivity contribution in [3.8, 4) is 0 Å². The molecule has 13 heavy (non-hydrogen) atoms. The van der Waals surface area contributed by atoms with Crippen molar-refractivity contribution in [1.29, 1.82) is 0 Å². The molecule has 2 N–H and O–H groups in total. The van der Waals surface area contributed by atoms with Crippen LogP contribution in [0.1, 0.15) is 6.92 Å². The van der Waals surface area contributed by atoms with E-state index in [0.717, 1.165) is 27.9 Å². The molecular formula is C6H11NaO5S. The first-order valence-corrected chi connectivity index (χ1v) is 6.57. The second-order valence-electron chi connectivity index (χ2n) is 2.37. The van der Waals surface area contributed by atoms with Crippen molar-refractivity contribution in [1.82, 2.24) is 0 Å². The van der Waals surface area contributed by atoms with E-state index in [4.69, 9.17) is 9.66 Å². The molecule has 7 heteroatoms. The monoisotopic (exact) mass is 218 g/mol. The summed E-state index contributed by atoms with van der Waals surface area (Å²) in [6, 6.07) is 0. The fraction of sp³-hybridized carbons (Fsp3) is 0.500. The van der Waals surface area contributed by atoms with Crippen LogP contribution in [0.15, 0.2) is 12.2 Å². The van der Waals surface area contributed by atoms with Gasteiger partial charge in [-0.3, -0.25) is 0 Å². The predicted molar refractivity (Wildman–Crippen MR) is 49.4 cm³/mol. The Hall–Kier alpha value is 0.120. The molecule has 0 aromatic heterocycles. The first-order valence-electron chi connectivity index (χ1n) is 3.54. The fourth-order valence-corrected chi connectivity index (χ4v) is 2.32. The van der Waals surface area contributed by atoms with E-state index >= 15 is 0 Å². The summed E-state index contributed by atoms with van der Waals surface area (Å²) in [7, 11) is -3.64. The van der Waals surface area contributed by atoms with E-state index in [-0.39, 0.29) is 11.3 Å². The molecule has 0 amide bonds. The summed E-state index contributed by atoms with van der Waals surface area (Å²) in [6.07, 6.45) is 0. The molecule has 0 spiro atoms. The molecule has 72 valence electrons. The molecule has 0 atom stereocenters. The molecule has 5 nitrogen and oxygen atoms in total. The van der Waals surface area contributed by atoms with Gasteiger partial charge in [-0.2, -0.15) is 0 Å². The van der Waals surface area contributed by atoms with Crippen molar-refractivity contribution in [2.75, 3.05) is 5.75 Å². The molecule has 0 aliphatic carbocycles. The summed E-state index contributed by atoms with van der Waals surface area (Å²) in [4.78, 5) is 9.60. The van der Waals surface area contributed by atoms with Gasteiger partial charge < -0.3 is 5.11 Å². The standard InChI is InChI=1S/C4H6O2.C2H5O3S.Na/c1-3(2)4(5)6;1-2-6(3,4)5;/h1H2,2H3,(H,5,6);1-2H2,(H,3,4,5);. The van der Waals surface area contributed by atoms with E-state index in [9.17, 15) is 13.2 Å². The molecule has 0 unspecified atom stereocenters. The molecule has 0 saturated carbocycles. The van der Waals surface area contributed by atoms with Gasteiger partial charge in [-0.05, 0) is 6.92 Å². The number of carbonyl (C=O) groups is 1. The van der Waals surface area contributed by atoms with Gasteiger partial charge >= 0.3 is 66.4 Å². The Balaban J connectivity index is 0. The van der Waals surface area contributed by atoms with Crippen LogP contribution in [0.3, 0.4) is 0 Å². The Morgan fingerprint density at radius 2 is 1.85 bits per heavy atom. The number of aliphatic carboxylic acids is 1. The molecule has 0 bridgehead atoms. The summed E-state index contributed by atoms with van der Waals surface area (Å²) in [6.45, 7) is 4.60. The molecule has 0 aromatic carbocycles. The van der Waals surface area contributed by atoms with Gasteiger partial charge in [-0.15, -0.1) is 0 Å². The normalized spacial score (nSPS) is 9.85. The number of hydrogen-bond donors (Lipinski definition) is 2. The summed E-state index contributed by atoms with van der Waals surface area (Å²) in [5.41, 5.74) is 0.176. The van der Waals surface area contributed by atoms with Crippen LogP contribution in [0, 0.1) is 0 Å². The molecule has 0 heterocycles. The van der Waals surface area contributed by atoms with Gasteiger partial charge in [-0.25, -0.2) is 4.79 Å². The zero-order chi connectivity index (χ0) is 11.1. The second kappa shape index (κ2) is 7.52. The van der Waals surface area contributed by atoms with E-state index in [1.54, 1.807) is 0 Å². The Morgan fingerprint density at radius 3 is 1.85 bits per heavy atom. The van der Waals surface area contributed by atoms with Crippen molar-refractivity contribution >= 4 is 44.0 Å². The van der Waals surface area contributed by atoms with Crippen LogP contribution in [0.2, 0.25) is 3.67 Å². The third-order valence-corrected chi connectivity index (χ3v) is 2.98. The van der Waals surface area contributed by atoms with Crippen molar-refractivity contribution in [3.05, 3.63) is 12.2 Å². The van der Waals surface area contributed by atoms with Crippen molar-refractivity contribution in [2.24, 2.45) is 0 Å². The first kappa shape index (κ1) is 15.6. The minimum absolute atomic E-state index is 0.0702. The van der Waals surface area contributed by atoms with Gasteiger partial charge in [0.05, 0.1) is 0 Å². The molecule has 0 radical (unpaired) electrons. The quantitative estimate of drug-likeness (QED) is 0.398. The van der Waals surface area contributed by atoms with Gasteiger partial charge in [0.15, 0.2) is 0 Å². The number of carboxylic acids is 1. The van der Waals surface area contributed by atoms with Crippen LogP contribution in [-0.4, -0.2) is 57.7 Å². The molecule has 0 fully saturated rings. The van der Waals surface area contributed by atoms with Gasteiger partial charge in [0.25, 0.3) is 0 Å². The SMILES string of the molecule is C=C(C)C(=O)O.O=S(=O)(O)C[CH2][Na]. The summed E-state index contributed by atoms with van der Waals surface area (Å²) in [5.74, 6) is -1.01. The van der Waals surface area contributed by atoms with E-state index in [1.807, 2.05) is 0 Å². The summed E-state index contributed by atoms with van der Waals surface area (Å²) >= 11 is 0.831. The molecule has 0 saturated heterocycles. The van der Waals surface area contributed by atoms with E-state index in [2.05, 4.69) is 6.58 Å². The maximum atomic E-state index is 9.81. The van der Waals surface area contributed by atoms with Crippen LogP contribution < -0.4 is 0 Å². The molecule has 0 aliphatic rings. The van der Waals surface area contributed by atoms with Crippen molar-refractivity contribution < 1.29 is 22.9 Å². The molecule has 0 aliphatic heterocycles. The van der Waals surface area contributed by atoms with Crippen LogP contribution in [-0.2, 0) is 14.9 Å². The topological polar surface area (TPSA) is 91.7 Å². The third-order valence-electron chi connectivity index (χ3n) is 0.827. The van der Waals surface area contributed by atoms with E-state index in [1.165, 1.54) is 6.92 Å². The molecule has 0 rings (SSSR count). The maximum absolute atomic E-state index is 9.81. The number of rotatable bonds is 3. The summed E-state index contributed by atoms with van der Waals surface area (Å²) < 4.78 is 28.2. The van der Waals surface area contributed by atoms with Crippen molar-refractivity contribution in [3.63, 3.8) is 0 Å². The number of carboxylic acid groups (broad SMARTS) is 1. The van der Waals surface area contributed by atoms with Crippen LogP contribution in [0.25, 0.3) is 0 Å². The Bertz CT molecular complexity index is 257. The predicted octanol–water partition coefficient (Wildman–Crippen LogP) is 0.108. The van der Waals surface area contributed by atoms with Crippen LogP contribution in [0.4, 0.5) is 0 Å². The second-order valence-corrected chi connectivity index (χ2v) is 4.94. The average Bonchev–Trinajstić information content (AvgIpc) is 1.85. The van der Waals surface area contributed by atoms with Gasteiger partial charge in [-0.1, -0.05) is 6.58 Å². The first-order chi connectivity index (χ1) is 5.70. The zero-order valence-corrected chi connectivity index (χ0v) is 10.5. The van der Waals surface area contributed by atoms with Crippen molar-refractivity contribution in [2.45, 2.75) is 10.6 Å². The molecule has 0 aromatic rings. The zero-order valence-electron chi connectivity index (χ0n) is 7.65. The van der Waals surface area contributed by atoms with Gasteiger partial charge in [0, 0.05) is 5.57 Å². The van der Waals surface area contributed by atoms with E-state index < -0.39 is 16.1 Å². The van der Waals surface area contributed by atoms with Gasteiger partial charge in [0.1, 0.15) is 0 Å². The Labute approximate surface area is 95.0 Å². The fourth-order valence-electron chi connectivity index (χ4n) is 0.258. The third kappa shape index (κ3) is 18.8.